The lowest BCUT2D eigenvalue weighted by molar-refractivity contribution is -0.220. The van der Waals surface area contributed by atoms with Crippen LogP contribution in [-0.4, -0.2) is 98.2 Å². The van der Waals surface area contributed by atoms with Gasteiger partial charge in [0.1, 0.15) is 43.2 Å². The van der Waals surface area contributed by atoms with Gasteiger partial charge in [-0.1, -0.05) is 148 Å². The monoisotopic (exact) mass is 828 g/mol. The molecule has 0 aliphatic heterocycles. The molecule has 1 aliphatic rings. The summed E-state index contributed by atoms with van der Waals surface area (Å²) < 4.78 is 74.7. The highest BCUT2D eigenvalue weighted by atomic mass is 31.2. The Bertz CT molecular complexity index is 1270. The molecule has 1 saturated carbocycles. The lowest BCUT2D eigenvalue weighted by Crippen LogP contribution is -2.64. The fourth-order valence-electron chi connectivity index (χ4n) is 6.43. The third-order valence-electron chi connectivity index (χ3n) is 9.93. The summed E-state index contributed by atoms with van der Waals surface area (Å²) in [7, 11) is -5.99. The highest BCUT2D eigenvalue weighted by molar-refractivity contribution is 7.47. The standard InChI is InChI=1S/C42H79O13P/c1-3-5-7-9-11-13-15-17-19-20-22-24-26-28-30-35(43)52-32-34(33-53-56(50,51)55-42-40(48)38(46)37(45)39(47)41(42)49)54-36(44)31-29-27-25-23-21-18-16-14-12-10-8-6-4-2/h14,16,34,37-42,45-49H,3-13,15,17-33H2,1-2H3,(H,50,51)/b16-14-/t34-,37?,38-,39?,40?,41?,42?/m1/s1/i32D2,33D2,34D. The molecule has 56 heavy (non-hydrogen) atoms. The van der Waals surface area contributed by atoms with Gasteiger partial charge in [-0.2, -0.15) is 0 Å². The van der Waals surface area contributed by atoms with E-state index < -0.39 is 82.0 Å². The first-order chi connectivity index (χ1) is 28.8. The van der Waals surface area contributed by atoms with E-state index in [4.69, 9.17) is 16.3 Å². The van der Waals surface area contributed by atoms with Crippen LogP contribution in [0.15, 0.2) is 12.2 Å². The number of phosphoric ester groups is 1. The SMILES string of the molecule is [2H]C([2H])(OC(=O)CCCCCCCCCCCCCCCC)[C@@]([2H])(OC(=O)CCCCCCC/C=C\CCCCCC)C([2H])([2H])OP(=O)(O)OC1C(O)C(O)C(O)[C@@H](O)C1O. The van der Waals surface area contributed by atoms with Gasteiger partial charge in [-0.15, -0.1) is 0 Å². The molecule has 1 aliphatic carbocycles. The summed E-state index contributed by atoms with van der Waals surface area (Å²) in [6.07, 6.45) is 11.0. The van der Waals surface area contributed by atoms with Gasteiger partial charge in [-0.25, -0.2) is 4.57 Å². The number of aliphatic hydroxyl groups is 5. The molecular formula is C42H79O13P. The largest absolute Gasteiger partial charge is 0.472 e. The smallest absolute Gasteiger partial charge is 0.462 e. The Morgan fingerprint density at radius 1 is 0.589 bits per heavy atom. The number of rotatable bonds is 36. The van der Waals surface area contributed by atoms with Crippen molar-refractivity contribution in [3.63, 3.8) is 0 Å². The maximum Gasteiger partial charge on any atom is 0.472 e. The quantitative estimate of drug-likeness (QED) is 0.0154. The number of carbonyl (C=O) groups excluding carboxylic acids is 2. The van der Waals surface area contributed by atoms with Gasteiger partial charge in [-0.05, 0) is 38.5 Å². The molecule has 14 heteroatoms. The molecule has 0 amide bonds. The van der Waals surface area contributed by atoms with Crippen molar-refractivity contribution in [1.29, 1.82) is 0 Å². The second-order valence-electron chi connectivity index (χ2n) is 15.0. The molecule has 0 saturated heterocycles. The van der Waals surface area contributed by atoms with Crippen LogP contribution in [0.2, 0.25) is 0 Å². The van der Waals surface area contributed by atoms with E-state index in [1.165, 1.54) is 77.0 Å². The van der Waals surface area contributed by atoms with Crippen molar-refractivity contribution in [2.24, 2.45) is 0 Å². The molecular weight excluding hydrogens is 743 g/mol. The number of aliphatic hydroxyl groups excluding tert-OH is 5. The Hall–Kier alpha value is -1.41. The Labute approximate surface area is 344 Å². The minimum absolute atomic E-state index is 0.212. The van der Waals surface area contributed by atoms with Crippen LogP contribution in [0.25, 0.3) is 0 Å². The summed E-state index contributed by atoms with van der Waals surface area (Å²) >= 11 is 0. The van der Waals surface area contributed by atoms with Crippen LogP contribution in [0.5, 0.6) is 0 Å². The van der Waals surface area contributed by atoms with Crippen LogP contribution < -0.4 is 0 Å². The zero-order valence-electron chi connectivity index (χ0n) is 39.2. The second-order valence-corrected chi connectivity index (χ2v) is 16.4. The molecule has 330 valence electrons. The first-order valence-electron chi connectivity index (χ1n) is 24.0. The number of allylic oxidation sites excluding steroid dienone is 2. The first-order valence-corrected chi connectivity index (χ1v) is 23.0. The van der Waals surface area contributed by atoms with Crippen molar-refractivity contribution in [2.75, 3.05) is 13.1 Å². The van der Waals surface area contributed by atoms with Crippen LogP contribution >= 0.6 is 7.82 Å². The maximum absolute atomic E-state index is 13.1. The Morgan fingerprint density at radius 3 is 1.43 bits per heavy atom. The van der Waals surface area contributed by atoms with Crippen molar-refractivity contribution in [3.8, 4) is 0 Å². The number of phosphoric acid groups is 1. The molecule has 0 heterocycles. The van der Waals surface area contributed by atoms with E-state index in [2.05, 4.69) is 35.0 Å². The number of esters is 2. The summed E-state index contributed by atoms with van der Waals surface area (Å²) in [6.45, 7) is -3.60. The van der Waals surface area contributed by atoms with Gasteiger partial charge >= 0.3 is 19.8 Å². The molecule has 1 fully saturated rings. The number of ether oxygens (including phenoxy) is 2. The number of carbonyl (C=O) groups is 2. The lowest BCUT2D eigenvalue weighted by atomic mass is 9.85. The summed E-state index contributed by atoms with van der Waals surface area (Å²) in [5, 5.41) is 50.3. The van der Waals surface area contributed by atoms with Crippen molar-refractivity contribution >= 4 is 19.8 Å². The van der Waals surface area contributed by atoms with Gasteiger partial charge in [0.05, 0.1) is 13.4 Å². The van der Waals surface area contributed by atoms with Crippen LogP contribution in [0.1, 0.15) is 194 Å². The van der Waals surface area contributed by atoms with E-state index >= 15 is 0 Å². The fraction of sp³-hybridized carbons (Fsp3) is 0.905. The third kappa shape index (κ3) is 25.8. The second kappa shape index (κ2) is 33.4. The average molecular weight is 828 g/mol. The molecule has 0 radical (unpaired) electrons. The summed E-state index contributed by atoms with van der Waals surface area (Å²) in [4.78, 5) is 36.4. The van der Waals surface area contributed by atoms with Gasteiger partial charge in [0.2, 0.25) is 0 Å². The summed E-state index contributed by atoms with van der Waals surface area (Å²) in [6, 6.07) is 0. The molecule has 0 aromatic rings. The summed E-state index contributed by atoms with van der Waals surface area (Å²) in [5.41, 5.74) is 0. The van der Waals surface area contributed by atoms with E-state index in [-0.39, 0.29) is 19.3 Å². The average Bonchev–Trinajstić information content (AvgIpc) is 3.19. The first kappa shape index (κ1) is 44.2. The Morgan fingerprint density at radius 2 is 0.964 bits per heavy atom. The van der Waals surface area contributed by atoms with Gasteiger partial charge in [0, 0.05) is 12.8 Å². The van der Waals surface area contributed by atoms with Gasteiger partial charge in [0.15, 0.2) is 6.08 Å². The van der Waals surface area contributed by atoms with E-state index in [0.717, 1.165) is 57.8 Å². The maximum atomic E-state index is 13.1. The minimum atomic E-state index is -5.99. The van der Waals surface area contributed by atoms with Crippen LogP contribution in [0, 0.1) is 0 Å². The number of unbranched alkanes of at least 4 members (excludes halogenated alkanes) is 22. The molecule has 6 N–H and O–H groups in total. The van der Waals surface area contributed by atoms with Gasteiger partial charge in [0.25, 0.3) is 0 Å². The predicted molar refractivity (Wildman–Crippen MR) is 217 cm³/mol. The Kier molecular flexibility index (Phi) is 26.4. The predicted octanol–water partition coefficient (Wildman–Crippen LogP) is 7.89. The van der Waals surface area contributed by atoms with E-state index in [0.29, 0.717) is 12.8 Å². The van der Waals surface area contributed by atoms with E-state index in [9.17, 15) is 44.6 Å². The fourth-order valence-corrected chi connectivity index (χ4v) is 7.23. The van der Waals surface area contributed by atoms with Gasteiger partial charge in [-0.3, -0.25) is 18.6 Å². The molecule has 0 bridgehead atoms. The third-order valence-corrected chi connectivity index (χ3v) is 10.8. The highest BCUT2D eigenvalue weighted by Gasteiger charge is 2.51. The normalized spacial score (nSPS) is 25.3. The van der Waals surface area contributed by atoms with Crippen molar-refractivity contribution in [2.45, 2.75) is 230 Å². The Balaban J connectivity index is 2.87. The van der Waals surface area contributed by atoms with Crippen molar-refractivity contribution in [1.82, 2.24) is 0 Å². The van der Waals surface area contributed by atoms with Crippen molar-refractivity contribution in [3.05, 3.63) is 12.2 Å². The summed E-state index contributed by atoms with van der Waals surface area (Å²) in [5.74, 6) is -2.50. The van der Waals surface area contributed by atoms with Crippen LogP contribution in [-0.2, 0) is 32.7 Å². The van der Waals surface area contributed by atoms with Crippen LogP contribution in [0.3, 0.4) is 0 Å². The molecule has 0 aromatic heterocycles. The highest BCUT2D eigenvalue weighted by Crippen LogP contribution is 2.47. The number of hydrogen-bond donors (Lipinski definition) is 6. The zero-order valence-corrected chi connectivity index (χ0v) is 35.1. The van der Waals surface area contributed by atoms with Crippen LogP contribution in [0.4, 0.5) is 0 Å². The molecule has 6 unspecified atom stereocenters. The molecule has 13 nitrogen and oxygen atoms in total. The van der Waals surface area contributed by atoms with E-state index in [1.807, 2.05) is 0 Å². The van der Waals surface area contributed by atoms with E-state index in [1.54, 1.807) is 0 Å². The minimum Gasteiger partial charge on any atom is -0.462 e. The molecule has 0 spiro atoms. The molecule has 0 aromatic carbocycles. The molecule has 8 atom stereocenters. The number of hydrogen-bond acceptors (Lipinski definition) is 12. The van der Waals surface area contributed by atoms with Gasteiger partial charge < -0.3 is 39.9 Å². The van der Waals surface area contributed by atoms with Crippen molar-refractivity contribution < 1.29 is 70.0 Å². The lowest BCUT2D eigenvalue weighted by Gasteiger charge is -2.41. The zero-order chi connectivity index (χ0) is 46.0. The topological polar surface area (TPSA) is 210 Å². The molecule has 1 rings (SSSR count).